The van der Waals surface area contributed by atoms with Gasteiger partial charge in [0.25, 0.3) is 5.91 Å². The second-order valence-corrected chi connectivity index (χ2v) is 4.90. The van der Waals surface area contributed by atoms with Crippen LogP contribution in [0, 0.1) is 5.92 Å². The number of carboxylic acids is 1. The van der Waals surface area contributed by atoms with Gasteiger partial charge in [0.1, 0.15) is 0 Å². The highest BCUT2D eigenvalue weighted by Crippen LogP contribution is 2.25. The van der Waals surface area contributed by atoms with Crippen LogP contribution in [0.15, 0.2) is 24.3 Å². The van der Waals surface area contributed by atoms with Gasteiger partial charge in [-0.3, -0.25) is 4.79 Å². The summed E-state index contributed by atoms with van der Waals surface area (Å²) in [6.07, 6.45) is 0.879. The van der Waals surface area contributed by atoms with Crippen molar-refractivity contribution in [2.24, 2.45) is 5.92 Å². The summed E-state index contributed by atoms with van der Waals surface area (Å²) in [4.78, 5) is 24.7. The topological polar surface area (TPSA) is 77.8 Å². The second-order valence-electron chi connectivity index (χ2n) is 4.90. The summed E-state index contributed by atoms with van der Waals surface area (Å²) in [5.41, 5.74) is 0.614. The molecule has 1 aliphatic rings. The number of aromatic carboxylic acids is 1. The first kappa shape index (κ1) is 13.5. The van der Waals surface area contributed by atoms with E-state index in [1.54, 1.807) is 4.90 Å². The van der Waals surface area contributed by atoms with Crippen molar-refractivity contribution in [3.8, 4) is 0 Å². The highest BCUT2D eigenvalue weighted by atomic mass is 16.4. The van der Waals surface area contributed by atoms with Gasteiger partial charge in [-0.1, -0.05) is 6.92 Å². The SMILES string of the molecule is CC1CCN(C(=O)c2ccc(C(=O)O)cc2)C1CO. The van der Waals surface area contributed by atoms with Crippen LogP contribution in [-0.4, -0.2) is 46.2 Å². The monoisotopic (exact) mass is 263 g/mol. The summed E-state index contributed by atoms with van der Waals surface area (Å²) >= 11 is 0. The fourth-order valence-corrected chi connectivity index (χ4v) is 2.46. The fraction of sp³-hybridized carbons (Fsp3) is 0.429. The molecule has 0 spiro atoms. The molecule has 2 atom stereocenters. The predicted octanol–water partition coefficient (Wildman–Crippen LogP) is 1.23. The van der Waals surface area contributed by atoms with E-state index in [0.29, 0.717) is 12.1 Å². The lowest BCUT2D eigenvalue weighted by Crippen LogP contribution is -2.39. The molecular formula is C14H17NO4. The summed E-state index contributed by atoms with van der Waals surface area (Å²) in [7, 11) is 0. The van der Waals surface area contributed by atoms with Crippen molar-refractivity contribution in [1.29, 1.82) is 0 Å². The molecule has 5 heteroatoms. The van der Waals surface area contributed by atoms with E-state index in [0.717, 1.165) is 6.42 Å². The zero-order chi connectivity index (χ0) is 14.0. The van der Waals surface area contributed by atoms with Gasteiger partial charge in [0.15, 0.2) is 0 Å². The number of benzene rings is 1. The van der Waals surface area contributed by atoms with E-state index in [1.165, 1.54) is 24.3 Å². The van der Waals surface area contributed by atoms with E-state index in [9.17, 15) is 14.7 Å². The Labute approximate surface area is 111 Å². The molecule has 0 bridgehead atoms. The third kappa shape index (κ3) is 2.61. The van der Waals surface area contributed by atoms with Crippen molar-refractivity contribution in [3.05, 3.63) is 35.4 Å². The van der Waals surface area contributed by atoms with Gasteiger partial charge in [-0.25, -0.2) is 4.79 Å². The number of carbonyl (C=O) groups is 2. The summed E-state index contributed by atoms with van der Waals surface area (Å²) in [6.45, 7) is 2.60. The molecule has 0 saturated carbocycles. The molecular weight excluding hydrogens is 246 g/mol. The Morgan fingerprint density at radius 3 is 2.37 bits per heavy atom. The Balaban J connectivity index is 2.17. The number of likely N-dealkylation sites (tertiary alicyclic amines) is 1. The number of carboxylic acid groups (broad SMARTS) is 1. The van der Waals surface area contributed by atoms with Crippen LogP contribution in [0.2, 0.25) is 0 Å². The molecule has 1 saturated heterocycles. The molecule has 1 fully saturated rings. The Kier molecular flexibility index (Phi) is 3.85. The molecule has 2 rings (SSSR count). The van der Waals surface area contributed by atoms with Crippen LogP contribution in [0.25, 0.3) is 0 Å². The lowest BCUT2D eigenvalue weighted by atomic mass is 10.0. The minimum absolute atomic E-state index is 0.0416. The van der Waals surface area contributed by atoms with Crippen LogP contribution in [-0.2, 0) is 0 Å². The van der Waals surface area contributed by atoms with Gasteiger partial charge in [0.2, 0.25) is 0 Å². The third-order valence-electron chi connectivity index (χ3n) is 3.71. The maximum atomic E-state index is 12.3. The molecule has 1 heterocycles. The summed E-state index contributed by atoms with van der Waals surface area (Å²) < 4.78 is 0. The minimum Gasteiger partial charge on any atom is -0.478 e. The zero-order valence-electron chi connectivity index (χ0n) is 10.7. The molecule has 0 aliphatic carbocycles. The molecule has 0 radical (unpaired) electrons. The Hall–Kier alpha value is -1.88. The van der Waals surface area contributed by atoms with Gasteiger partial charge >= 0.3 is 5.97 Å². The van der Waals surface area contributed by atoms with Crippen molar-refractivity contribution in [3.63, 3.8) is 0 Å². The number of carbonyl (C=O) groups excluding carboxylic acids is 1. The van der Waals surface area contributed by atoms with E-state index in [4.69, 9.17) is 5.11 Å². The predicted molar refractivity (Wildman–Crippen MR) is 69.1 cm³/mol. The molecule has 1 aromatic carbocycles. The smallest absolute Gasteiger partial charge is 0.335 e. The fourth-order valence-electron chi connectivity index (χ4n) is 2.46. The maximum absolute atomic E-state index is 12.3. The van der Waals surface area contributed by atoms with Gasteiger partial charge in [0.05, 0.1) is 18.2 Å². The van der Waals surface area contributed by atoms with Crippen LogP contribution in [0.4, 0.5) is 0 Å². The molecule has 2 unspecified atom stereocenters. The highest BCUT2D eigenvalue weighted by molar-refractivity contribution is 5.96. The van der Waals surface area contributed by atoms with Crippen LogP contribution in [0.3, 0.4) is 0 Å². The van der Waals surface area contributed by atoms with Crippen molar-refractivity contribution >= 4 is 11.9 Å². The largest absolute Gasteiger partial charge is 0.478 e. The Bertz CT molecular complexity index is 483. The van der Waals surface area contributed by atoms with Crippen molar-refractivity contribution in [1.82, 2.24) is 4.90 Å². The van der Waals surface area contributed by atoms with Gasteiger partial charge in [-0.15, -0.1) is 0 Å². The average molecular weight is 263 g/mol. The number of hydrogen-bond acceptors (Lipinski definition) is 3. The van der Waals surface area contributed by atoms with Crippen molar-refractivity contribution < 1.29 is 19.8 Å². The zero-order valence-corrected chi connectivity index (χ0v) is 10.7. The van der Waals surface area contributed by atoms with Crippen LogP contribution < -0.4 is 0 Å². The Morgan fingerprint density at radius 1 is 1.26 bits per heavy atom. The summed E-state index contributed by atoms with van der Waals surface area (Å²) in [5, 5.41) is 18.2. The van der Waals surface area contributed by atoms with Crippen molar-refractivity contribution in [2.45, 2.75) is 19.4 Å². The highest BCUT2D eigenvalue weighted by Gasteiger charge is 2.34. The van der Waals surface area contributed by atoms with Crippen LogP contribution in [0.5, 0.6) is 0 Å². The maximum Gasteiger partial charge on any atom is 0.335 e. The standard InChI is InChI=1S/C14H17NO4/c1-9-6-7-15(12(9)8-16)13(17)10-2-4-11(5-3-10)14(18)19/h2-5,9,12,16H,6-8H2,1H3,(H,18,19). The quantitative estimate of drug-likeness (QED) is 0.859. The molecule has 19 heavy (non-hydrogen) atoms. The lowest BCUT2D eigenvalue weighted by Gasteiger charge is -2.25. The molecule has 0 aromatic heterocycles. The average Bonchev–Trinajstić information content (AvgIpc) is 2.79. The van der Waals surface area contributed by atoms with E-state index in [1.807, 2.05) is 6.92 Å². The number of rotatable bonds is 3. The molecule has 2 N–H and O–H groups in total. The number of hydrogen-bond donors (Lipinski definition) is 2. The minimum atomic E-state index is -1.01. The lowest BCUT2D eigenvalue weighted by molar-refractivity contribution is 0.0645. The van der Waals surface area contributed by atoms with E-state index in [2.05, 4.69) is 0 Å². The number of amides is 1. The molecule has 1 aromatic rings. The second kappa shape index (κ2) is 5.40. The molecule has 5 nitrogen and oxygen atoms in total. The first-order chi connectivity index (χ1) is 9.04. The van der Waals surface area contributed by atoms with Gasteiger partial charge in [-0.2, -0.15) is 0 Å². The van der Waals surface area contributed by atoms with E-state index >= 15 is 0 Å². The van der Waals surface area contributed by atoms with Crippen LogP contribution in [0.1, 0.15) is 34.1 Å². The molecule has 102 valence electrons. The summed E-state index contributed by atoms with van der Waals surface area (Å²) in [6, 6.07) is 5.73. The number of nitrogens with zero attached hydrogens (tertiary/aromatic N) is 1. The normalized spacial score (nSPS) is 22.5. The van der Waals surface area contributed by atoms with Gasteiger partial charge in [0, 0.05) is 12.1 Å². The van der Waals surface area contributed by atoms with Crippen LogP contribution >= 0.6 is 0 Å². The Morgan fingerprint density at radius 2 is 1.84 bits per heavy atom. The molecule has 1 aliphatic heterocycles. The first-order valence-corrected chi connectivity index (χ1v) is 6.29. The number of aliphatic hydroxyl groups is 1. The number of aliphatic hydroxyl groups excluding tert-OH is 1. The van der Waals surface area contributed by atoms with E-state index < -0.39 is 5.97 Å². The first-order valence-electron chi connectivity index (χ1n) is 6.29. The van der Waals surface area contributed by atoms with Gasteiger partial charge in [-0.05, 0) is 36.6 Å². The third-order valence-corrected chi connectivity index (χ3v) is 3.71. The van der Waals surface area contributed by atoms with Gasteiger partial charge < -0.3 is 15.1 Å². The van der Waals surface area contributed by atoms with Crippen molar-refractivity contribution in [2.75, 3.05) is 13.2 Å². The van der Waals surface area contributed by atoms with E-state index in [-0.39, 0.29) is 30.0 Å². The summed E-state index contributed by atoms with van der Waals surface area (Å²) in [5.74, 6) is -0.880. The molecule has 1 amide bonds.